The van der Waals surface area contributed by atoms with E-state index in [4.69, 9.17) is 4.74 Å². The van der Waals surface area contributed by atoms with Crippen molar-refractivity contribution in [3.05, 3.63) is 52.8 Å². The molecular weight excluding hydrogens is 408 g/mol. The van der Waals surface area contributed by atoms with Crippen LogP contribution in [-0.4, -0.2) is 51.7 Å². The normalized spacial score (nSPS) is 20.4. The molecule has 32 heavy (non-hydrogen) atoms. The van der Waals surface area contributed by atoms with E-state index in [1.54, 1.807) is 17.0 Å². The van der Waals surface area contributed by atoms with E-state index in [0.717, 1.165) is 44.3 Å². The molecule has 2 aromatic rings. The third-order valence-corrected chi connectivity index (χ3v) is 6.62. The van der Waals surface area contributed by atoms with Crippen LogP contribution in [0.1, 0.15) is 71.1 Å². The molecule has 1 saturated heterocycles. The van der Waals surface area contributed by atoms with Crippen molar-refractivity contribution in [2.45, 2.75) is 64.1 Å². The molecule has 1 aromatic heterocycles. The number of hydrogen-bond donors (Lipinski definition) is 1. The highest BCUT2D eigenvalue weighted by Crippen LogP contribution is 2.30. The maximum absolute atomic E-state index is 13.4. The number of esters is 1. The SMILES string of the molecule is COC(=O)c1c(CNC(=O)C2(C)CCCCN2C(=O)c2ccccc2)nn2c1CCCC2. The molecule has 4 rings (SSSR count). The van der Waals surface area contributed by atoms with Crippen molar-refractivity contribution in [3.63, 3.8) is 0 Å². The molecule has 170 valence electrons. The Labute approximate surface area is 187 Å². The summed E-state index contributed by atoms with van der Waals surface area (Å²) < 4.78 is 6.84. The zero-order chi connectivity index (χ0) is 22.7. The van der Waals surface area contributed by atoms with Gasteiger partial charge in [0.2, 0.25) is 5.91 Å². The third-order valence-electron chi connectivity index (χ3n) is 6.62. The van der Waals surface area contributed by atoms with Gasteiger partial charge in [-0.25, -0.2) is 4.79 Å². The molecule has 1 atom stereocenters. The highest BCUT2D eigenvalue weighted by molar-refractivity contribution is 5.99. The molecule has 1 unspecified atom stereocenters. The number of amides is 2. The van der Waals surface area contributed by atoms with Crippen molar-refractivity contribution in [3.8, 4) is 0 Å². The van der Waals surface area contributed by atoms with Gasteiger partial charge in [-0.05, 0) is 57.6 Å². The molecule has 0 saturated carbocycles. The molecule has 0 aliphatic carbocycles. The molecule has 8 nitrogen and oxygen atoms in total. The van der Waals surface area contributed by atoms with Gasteiger partial charge in [0.25, 0.3) is 5.91 Å². The third kappa shape index (κ3) is 4.01. The van der Waals surface area contributed by atoms with Crippen molar-refractivity contribution in [2.24, 2.45) is 0 Å². The lowest BCUT2D eigenvalue weighted by Gasteiger charge is -2.43. The molecule has 2 aliphatic heterocycles. The first kappa shape index (κ1) is 22.0. The molecule has 2 aliphatic rings. The summed E-state index contributed by atoms with van der Waals surface area (Å²) in [6.45, 7) is 3.22. The monoisotopic (exact) mass is 438 g/mol. The van der Waals surface area contributed by atoms with Crippen LogP contribution in [0.2, 0.25) is 0 Å². The molecule has 1 fully saturated rings. The summed E-state index contributed by atoms with van der Waals surface area (Å²) in [6, 6.07) is 9.05. The van der Waals surface area contributed by atoms with E-state index in [1.165, 1.54) is 7.11 Å². The van der Waals surface area contributed by atoms with E-state index in [-0.39, 0.29) is 18.4 Å². The lowest BCUT2D eigenvalue weighted by molar-refractivity contribution is -0.133. The second kappa shape index (κ2) is 9.14. The van der Waals surface area contributed by atoms with Crippen LogP contribution in [0.5, 0.6) is 0 Å². The number of benzene rings is 1. The summed E-state index contributed by atoms with van der Waals surface area (Å²) in [5.41, 5.74) is 1.46. The van der Waals surface area contributed by atoms with Crippen LogP contribution >= 0.6 is 0 Å². The standard InChI is InChI=1S/C24H30N4O4/c1-24(13-7-9-14-27(24)21(29)17-10-4-3-5-11-17)23(31)25-16-18-20(22(30)32-2)19-12-6-8-15-28(19)26-18/h3-5,10-11H,6-9,12-16H2,1-2H3,(H,25,31). The van der Waals surface area contributed by atoms with Crippen LogP contribution in [0.15, 0.2) is 30.3 Å². The molecular formula is C24H30N4O4. The number of fused-ring (bicyclic) bond motifs is 1. The van der Waals surface area contributed by atoms with E-state index in [1.807, 2.05) is 29.8 Å². The van der Waals surface area contributed by atoms with Crippen LogP contribution in [0.25, 0.3) is 0 Å². The average Bonchev–Trinajstić information content (AvgIpc) is 3.20. The van der Waals surface area contributed by atoms with Gasteiger partial charge in [0.15, 0.2) is 0 Å². The fraction of sp³-hybridized carbons (Fsp3) is 0.500. The van der Waals surface area contributed by atoms with Gasteiger partial charge in [-0.2, -0.15) is 5.10 Å². The largest absolute Gasteiger partial charge is 0.465 e. The summed E-state index contributed by atoms with van der Waals surface area (Å²) in [4.78, 5) is 40.7. The lowest BCUT2D eigenvalue weighted by Crippen LogP contribution is -2.60. The Morgan fingerprint density at radius 3 is 2.59 bits per heavy atom. The Bertz CT molecular complexity index is 1020. The number of ether oxygens (including phenoxy) is 1. The number of likely N-dealkylation sites (tertiary alicyclic amines) is 1. The molecule has 0 spiro atoms. The van der Waals surface area contributed by atoms with Crippen LogP contribution in [-0.2, 0) is 29.0 Å². The summed E-state index contributed by atoms with van der Waals surface area (Å²) in [5, 5.41) is 7.54. The fourth-order valence-corrected chi connectivity index (χ4v) is 4.78. The zero-order valence-electron chi connectivity index (χ0n) is 18.7. The molecule has 8 heteroatoms. The zero-order valence-corrected chi connectivity index (χ0v) is 18.7. The van der Waals surface area contributed by atoms with Crippen LogP contribution in [0.4, 0.5) is 0 Å². The molecule has 0 radical (unpaired) electrons. The number of rotatable bonds is 5. The minimum absolute atomic E-state index is 0.117. The first-order valence-electron chi connectivity index (χ1n) is 11.3. The number of nitrogens with one attached hydrogen (secondary N) is 1. The smallest absolute Gasteiger partial charge is 0.341 e. The summed E-state index contributed by atoms with van der Waals surface area (Å²) in [7, 11) is 1.35. The Balaban J connectivity index is 1.55. The number of aryl methyl sites for hydroxylation is 1. The van der Waals surface area contributed by atoms with Crippen molar-refractivity contribution in [1.82, 2.24) is 20.0 Å². The number of nitrogens with zero attached hydrogens (tertiary/aromatic N) is 3. The number of aromatic nitrogens is 2. The van der Waals surface area contributed by atoms with Gasteiger partial charge >= 0.3 is 5.97 Å². The summed E-state index contributed by atoms with van der Waals surface area (Å²) in [6.07, 6.45) is 5.09. The van der Waals surface area contributed by atoms with Crippen molar-refractivity contribution in [1.29, 1.82) is 0 Å². The van der Waals surface area contributed by atoms with Gasteiger partial charge in [-0.15, -0.1) is 0 Å². The maximum atomic E-state index is 13.4. The topological polar surface area (TPSA) is 93.5 Å². The predicted octanol–water partition coefficient (Wildman–Crippen LogP) is 2.71. The van der Waals surface area contributed by atoms with E-state index in [2.05, 4.69) is 10.4 Å². The van der Waals surface area contributed by atoms with Gasteiger partial charge in [-0.3, -0.25) is 14.3 Å². The summed E-state index contributed by atoms with van der Waals surface area (Å²) in [5.74, 6) is -0.805. The number of hydrogen-bond acceptors (Lipinski definition) is 5. The molecule has 1 N–H and O–H groups in total. The van der Waals surface area contributed by atoms with Gasteiger partial charge < -0.3 is 15.0 Å². The number of piperidine rings is 1. The number of carbonyl (C=O) groups is 3. The number of methoxy groups -OCH3 is 1. The maximum Gasteiger partial charge on any atom is 0.341 e. The van der Waals surface area contributed by atoms with Crippen molar-refractivity contribution >= 4 is 17.8 Å². The van der Waals surface area contributed by atoms with Crippen LogP contribution in [0.3, 0.4) is 0 Å². The van der Waals surface area contributed by atoms with Crippen LogP contribution < -0.4 is 5.32 Å². The molecule has 2 amide bonds. The minimum Gasteiger partial charge on any atom is -0.465 e. The van der Waals surface area contributed by atoms with Gasteiger partial charge in [0.1, 0.15) is 11.1 Å². The van der Waals surface area contributed by atoms with Crippen LogP contribution in [0, 0.1) is 0 Å². The first-order valence-corrected chi connectivity index (χ1v) is 11.3. The molecule has 1 aromatic carbocycles. The van der Waals surface area contributed by atoms with E-state index in [0.29, 0.717) is 29.8 Å². The van der Waals surface area contributed by atoms with Crippen molar-refractivity contribution in [2.75, 3.05) is 13.7 Å². The quantitative estimate of drug-likeness (QED) is 0.725. The van der Waals surface area contributed by atoms with Gasteiger partial charge in [0.05, 0.1) is 25.0 Å². The molecule has 3 heterocycles. The Morgan fingerprint density at radius 1 is 1.09 bits per heavy atom. The van der Waals surface area contributed by atoms with Gasteiger partial charge in [-0.1, -0.05) is 18.2 Å². The first-order chi connectivity index (χ1) is 15.5. The van der Waals surface area contributed by atoms with E-state index < -0.39 is 11.5 Å². The predicted molar refractivity (Wildman–Crippen MR) is 118 cm³/mol. The highest BCUT2D eigenvalue weighted by Gasteiger charge is 2.44. The lowest BCUT2D eigenvalue weighted by atomic mass is 9.86. The second-order valence-corrected chi connectivity index (χ2v) is 8.68. The van der Waals surface area contributed by atoms with Gasteiger partial charge in [0, 0.05) is 18.7 Å². The highest BCUT2D eigenvalue weighted by atomic mass is 16.5. The Kier molecular flexibility index (Phi) is 6.30. The fourth-order valence-electron chi connectivity index (χ4n) is 4.78. The Hall–Kier alpha value is -3.16. The average molecular weight is 439 g/mol. The number of carbonyl (C=O) groups excluding carboxylic acids is 3. The van der Waals surface area contributed by atoms with E-state index >= 15 is 0 Å². The molecule has 0 bridgehead atoms. The second-order valence-electron chi connectivity index (χ2n) is 8.68. The summed E-state index contributed by atoms with van der Waals surface area (Å²) >= 11 is 0. The minimum atomic E-state index is -0.962. The van der Waals surface area contributed by atoms with Crippen molar-refractivity contribution < 1.29 is 19.1 Å². The Morgan fingerprint density at radius 2 is 1.84 bits per heavy atom. The van der Waals surface area contributed by atoms with E-state index in [9.17, 15) is 14.4 Å².